The Morgan fingerprint density at radius 3 is 1.24 bits per heavy atom. The lowest BCUT2D eigenvalue weighted by molar-refractivity contribution is 1.54. The summed E-state index contributed by atoms with van der Waals surface area (Å²) in [5.41, 5.74) is 7.17. The van der Waals surface area contributed by atoms with Crippen molar-refractivity contribution in [3.05, 3.63) is 132 Å². The lowest BCUT2D eigenvalue weighted by Crippen LogP contribution is -1.92. The molecule has 2 heteroatoms. The van der Waals surface area contributed by atoms with Crippen LogP contribution in [0.5, 0.6) is 0 Å². The van der Waals surface area contributed by atoms with E-state index >= 15 is 0 Å². The Balaban J connectivity index is 1.53. The molecule has 162 valence electrons. The highest BCUT2D eigenvalue weighted by atomic mass is 79.9. The predicted octanol–water partition coefficient (Wildman–Crippen LogP) is 9.83. The molecular weight excluding hydrogens is 478 g/mol. The average Bonchev–Trinajstić information content (AvgIpc) is 2.89. The van der Waals surface area contributed by atoms with Crippen LogP contribution in [-0.2, 0) is 0 Å². The van der Waals surface area contributed by atoms with Gasteiger partial charge in [-0.05, 0) is 80.2 Å². The first kappa shape index (κ1) is 20.7. The van der Waals surface area contributed by atoms with Crippen molar-refractivity contribution in [1.82, 2.24) is 0 Å². The lowest BCUT2D eigenvalue weighted by Gasteiger charge is -2.18. The number of rotatable bonds is 4. The molecule has 0 bridgehead atoms. The minimum atomic E-state index is 1.07. The smallest absolute Gasteiger partial charge is 0.0384 e. The van der Waals surface area contributed by atoms with Crippen LogP contribution in [-0.4, -0.2) is 0 Å². The third-order valence-electron chi connectivity index (χ3n) is 6.30. The van der Waals surface area contributed by atoms with E-state index in [4.69, 9.17) is 0 Å². The first-order valence-electron chi connectivity index (χ1n) is 11.4. The van der Waals surface area contributed by atoms with E-state index in [2.05, 4.69) is 137 Å². The molecule has 0 aliphatic rings. The van der Waals surface area contributed by atoms with E-state index < -0.39 is 0 Å². The standard InChI is InChI=1S/C32H22BrN/c33-24-16-20-26(21-17-24)34-25-18-14-23(15-19-25)32-29-12-6-4-10-27(29)31(22-8-2-1-3-9-22)28-11-5-7-13-30(28)32/h1-21,34H. The molecule has 1 nitrogen and oxygen atoms in total. The molecule has 0 unspecified atom stereocenters. The van der Waals surface area contributed by atoms with Gasteiger partial charge >= 0.3 is 0 Å². The maximum atomic E-state index is 3.50. The normalized spacial score (nSPS) is 11.1. The largest absolute Gasteiger partial charge is 0.356 e. The Bertz CT molecular complexity index is 1540. The van der Waals surface area contributed by atoms with Crippen LogP contribution in [0, 0.1) is 0 Å². The Labute approximate surface area is 207 Å². The van der Waals surface area contributed by atoms with E-state index in [1.165, 1.54) is 43.8 Å². The first-order chi connectivity index (χ1) is 16.8. The van der Waals surface area contributed by atoms with Gasteiger partial charge in [-0.15, -0.1) is 0 Å². The van der Waals surface area contributed by atoms with Crippen molar-refractivity contribution in [3.8, 4) is 22.3 Å². The van der Waals surface area contributed by atoms with E-state index in [9.17, 15) is 0 Å². The molecule has 0 saturated carbocycles. The van der Waals surface area contributed by atoms with E-state index in [0.717, 1.165) is 15.8 Å². The zero-order valence-electron chi connectivity index (χ0n) is 18.5. The van der Waals surface area contributed by atoms with Crippen molar-refractivity contribution >= 4 is 48.8 Å². The van der Waals surface area contributed by atoms with Crippen LogP contribution in [0.3, 0.4) is 0 Å². The minimum Gasteiger partial charge on any atom is -0.356 e. The van der Waals surface area contributed by atoms with Crippen LogP contribution in [0.2, 0.25) is 0 Å². The van der Waals surface area contributed by atoms with E-state index in [-0.39, 0.29) is 0 Å². The summed E-state index contributed by atoms with van der Waals surface area (Å²) >= 11 is 3.50. The molecule has 0 spiro atoms. The van der Waals surface area contributed by atoms with Crippen molar-refractivity contribution in [2.24, 2.45) is 0 Å². The topological polar surface area (TPSA) is 12.0 Å². The van der Waals surface area contributed by atoms with Gasteiger partial charge in [0, 0.05) is 15.8 Å². The molecule has 0 atom stereocenters. The Morgan fingerprint density at radius 1 is 0.382 bits per heavy atom. The van der Waals surface area contributed by atoms with Crippen LogP contribution in [0.15, 0.2) is 132 Å². The van der Waals surface area contributed by atoms with Gasteiger partial charge < -0.3 is 5.32 Å². The Morgan fingerprint density at radius 2 is 0.765 bits per heavy atom. The quantitative estimate of drug-likeness (QED) is 0.238. The molecule has 0 heterocycles. The van der Waals surface area contributed by atoms with Gasteiger partial charge in [-0.2, -0.15) is 0 Å². The Hall–Kier alpha value is -3.88. The highest BCUT2D eigenvalue weighted by molar-refractivity contribution is 9.10. The summed E-state index contributed by atoms with van der Waals surface area (Å²) in [6.45, 7) is 0. The van der Waals surface area contributed by atoms with Crippen LogP contribution in [0.1, 0.15) is 0 Å². The minimum absolute atomic E-state index is 1.07. The molecule has 0 aliphatic heterocycles. The van der Waals surface area contributed by atoms with Crippen molar-refractivity contribution in [2.45, 2.75) is 0 Å². The maximum absolute atomic E-state index is 3.50. The average molecular weight is 500 g/mol. The molecule has 0 saturated heterocycles. The van der Waals surface area contributed by atoms with Crippen molar-refractivity contribution < 1.29 is 0 Å². The fourth-order valence-corrected chi connectivity index (χ4v) is 5.04. The van der Waals surface area contributed by atoms with Gasteiger partial charge in [-0.25, -0.2) is 0 Å². The number of halogens is 1. The third kappa shape index (κ3) is 3.76. The van der Waals surface area contributed by atoms with Gasteiger partial charge in [0.2, 0.25) is 0 Å². The molecule has 34 heavy (non-hydrogen) atoms. The molecule has 0 amide bonds. The first-order valence-corrected chi connectivity index (χ1v) is 12.2. The summed E-state index contributed by atoms with van der Waals surface area (Å²) in [6, 6.07) is 45.2. The number of anilines is 2. The number of nitrogens with one attached hydrogen (secondary N) is 1. The van der Waals surface area contributed by atoms with Gasteiger partial charge in [0.25, 0.3) is 0 Å². The third-order valence-corrected chi connectivity index (χ3v) is 6.83. The second kappa shape index (κ2) is 8.81. The summed E-state index contributed by atoms with van der Waals surface area (Å²) in [5.74, 6) is 0. The summed E-state index contributed by atoms with van der Waals surface area (Å²) < 4.78 is 1.08. The maximum Gasteiger partial charge on any atom is 0.0384 e. The Kier molecular flexibility index (Phi) is 5.37. The zero-order valence-corrected chi connectivity index (χ0v) is 20.1. The molecule has 6 aromatic rings. The second-order valence-corrected chi connectivity index (χ2v) is 9.33. The molecule has 6 aromatic carbocycles. The highest BCUT2D eigenvalue weighted by Gasteiger charge is 2.16. The van der Waals surface area contributed by atoms with Gasteiger partial charge in [0.1, 0.15) is 0 Å². The molecule has 0 radical (unpaired) electrons. The van der Waals surface area contributed by atoms with Gasteiger partial charge in [0.05, 0.1) is 0 Å². The van der Waals surface area contributed by atoms with Crippen LogP contribution in [0.4, 0.5) is 11.4 Å². The van der Waals surface area contributed by atoms with Crippen LogP contribution >= 0.6 is 15.9 Å². The molecule has 0 fully saturated rings. The number of hydrogen-bond donors (Lipinski definition) is 1. The second-order valence-electron chi connectivity index (χ2n) is 8.42. The fraction of sp³-hybridized carbons (Fsp3) is 0. The van der Waals surface area contributed by atoms with E-state index in [1.54, 1.807) is 0 Å². The fourth-order valence-electron chi connectivity index (χ4n) is 4.78. The number of benzene rings is 6. The molecular formula is C32H22BrN. The van der Waals surface area contributed by atoms with Gasteiger partial charge in [0.15, 0.2) is 0 Å². The lowest BCUT2D eigenvalue weighted by atomic mass is 9.86. The zero-order chi connectivity index (χ0) is 22.9. The number of hydrogen-bond acceptors (Lipinski definition) is 1. The monoisotopic (exact) mass is 499 g/mol. The summed E-state index contributed by atoms with van der Waals surface area (Å²) in [6.07, 6.45) is 0. The van der Waals surface area contributed by atoms with Gasteiger partial charge in [-0.1, -0.05) is 107 Å². The van der Waals surface area contributed by atoms with Crippen LogP contribution in [0.25, 0.3) is 43.8 Å². The SMILES string of the molecule is Brc1ccc(Nc2ccc(-c3c4ccccc4c(-c4ccccc4)c4ccccc34)cc2)cc1. The van der Waals surface area contributed by atoms with Gasteiger partial charge in [-0.3, -0.25) is 0 Å². The highest BCUT2D eigenvalue weighted by Crippen LogP contribution is 2.43. The molecule has 0 aliphatic carbocycles. The van der Waals surface area contributed by atoms with Crippen LogP contribution < -0.4 is 5.32 Å². The summed E-state index contributed by atoms with van der Waals surface area (Å²) in [7, 11) is 0. The van der Waals surface area contributed by atoms with Crippen molar-refractivity contribution in [2.75, 3.05) is 5.32 Å². The van der Waals surface area contributed by atoms with E-state index in [1.807, 2.05) is 12.1 Å². The molecule has 0 aromatic heterocycles. The molecule has 1 N–H and O–H groups in total. The van der Waals surface area contributed by atoms with E-state index in [0.29, 0.717) is 0 Å². The predicted molar refractivity (Wildman–Crippen MR) is 150 cm³/mol. The summed E-state index contributed by atoms with van der Waals surface area (Å²) in [5, 5.41) is 8.59. The van der Waals surface area contributed by atoms with Crippen molar-refractivity contribution in [3.63, 3.8) is 0 Å². The van der Waals surface area contributed by atoms with Crippen molar-refractivity contribution in [1.29, 1.82) is 0 Å². The number of fused-ring (bicyclic) bond motifs is 2. The molecule has 6 rings (SSSR count). The summed E-state index contributed by atoms with van der Waals surface area (Å²) in [4.78, 5) is 0.